The predicted octanol–water partition coefficient (Wildman–Crippen LogP) is 14.3. The Morgan fingerprint density at radius 1 is 0.617 bits per heavy atom. The second kappa shape index (κ2) is 16.5. The average Bonchev–Trinajstić information content (AvgIpc) is 3.77. The number of fused-ring (bicyclic) bond motifs is 2. The SMILES string of the molecule is [2H]C([2H])([2H])c1cc(-c2[c-]ccc(-c3ccc4c(c3)C(C)(C)C3(Cc5ccccc5C3)C4(C)C)c2)ncc1C([2H])([2H])C(C)(C)C.[2H]C([2H])([2H])c1cccc(C([2H])([2H])[2H])c1-c1ccnc(-c2[c-]cccc2)c1.[Ir]. The van der Waals surface area contributed by atoms with Crippen LogP contribution in [0.3, 0.4) is 0 Å². The van der Waals surface area contributed by atoms with Crippen molar-refractivity contribution in [2.75, 3.05) is 0 Å². The van der Waals surface area contributed by atoms with E-state index in [2.05, 4.69) is 92.3 Å². The van der Waals surface area contributed by atoms with E-state index < -0.39 is 32.3 Å². The molecular formula is C57H58IrN2-2. The van der Waals surface area contributed by atoms with Crippen molar-refractivity contribution in [1.29, 1.82) is 0 Å². The van der Waals surface area contributed by atoms with Crippen molar-refractivity contribution in [3.63, 3.8) is 0 Å². The van der Waals surface area contributed by atoms with Gasteiger partial charge in [-0.3, -0.25) is 0 Å². The van der Waals surface area contributed by atoms with Crippen LogP contribution in [0.1, 0.15) is 108 Å². The minimum atomic E-state index is -2.49. The molecule has 0 fully saturated rings. The molecule has 1 radical (unpaired) electrons. The van der Waals surface area contributed by atoms with Crippen LogP contribution in [0.2, 0.25) is 0 Å². The third kappa shape index (κ3) is 7.88. The minimum Gasteiger partial charge on any atom is -0.305 e. The smallest absolute Gasteiger partial charge is 0.0322 e. The van der Waals surface area contributed by atoms with Crippen molar-refractivity contribution < 1.29 is 35.2 Å². The summed E-state index contributed by atoms with van der Waals surface area (Å²) in [5, 5.41) is 0. The monoisotopic (exact) mass is 974 g/mol. The van der Waals surface area contributed by atoms with Gasteiger partial charge < -0.3 is 9.97 Å². The molecule has 2 aliphatic rings. The van der Waals surface area contributed by atoms with Crippen LogP contribution >= 0.6 is 0 Å². The molecular weight excluding hydrogens is 905 g/mol. The summed E-state index contributed by atoms with van der Waals surface area (Å²) in [6, 6.07) is 44.5. The molecule has 5 aromatic carbocycles. The van der Waals surface area contributed by atoms with E-state index in [1.165, 1.54) is 52.7 Å². The molecule has 3 heteroatoms. The summed E-state index contributed by atoms with van der Waals surface area (Å²) in [6.45, 7) is 7.63. The van der Waals surface area contributed by atoms with Crippen molar-refractivity contribution >= 4 is 0 Å². The number of nitrogens with zero attached hydrogens (tertiary/aromatic N) is 2. The van der Waals surface area contributed by atoms with Gasteiger partial charge in [0, 0.05) is 47.6 Å². The number of aryl methyl sites for hydroxylation is 3. The zero-order chi connectivity index (χ0) is 51.0. The van der Waals surface area contributed by atoms with E-state index in [4.69, 9.17) is 15.1 Å². The molecule has 2 heterocycles. The molecule has 2 aliphatic carbocycles. The first-order valence-electron chi connectivity index (χ1n) is 25.8. The summed E-state index contributed by atoms with van der Waals surface area (Å²) in [7, 11) is 0. The summed E-state index contributed by atoms with van der Waals surface area (Å²) in [5.41, 5.74) is 10.4. The summed E-state index contributed by atoms with van der Waals surface area (Å²) in [4.78, 5) is 8.89. The van der Waals surface area contributed by atoms with Gasteiger partial charge in [-0.2, -0.15) is 0 Å². The van der Waals surface area contributed by atoms with Crippen molar-refractivity contribution in [2.45, 2.75) is 99.1 Å². The van der Waals surface area contributed by atoms with Crippen LogP contribution < -0.4 is 0 Å². The molecule has 7 aromatic rings. The Balaban J connectivity index is 0.000000235. The fourth-order valence-corrected chi connectivity index (χ4v) is 9.63. The Morgan fingerprint density at radius 3 is 1.93 bits per heavy atom. The van der Waals surface area contributed by atoms with Crippen molar-refractivity contribution in [1.82, 2.24) is 9.97 Å². The molecule has 2 nitrogen and oxygen atoms in total. The van der Waals surface area contributed by atoms with E-state index in [1.54, 1.807) is 45.2 Å². The average molecular weight is 974 g/mol. The molecule has 307 valence electrons. The van der Waals surface area contributed by atoms with Gasteiger partial charge in [0.1, 0.15) is 0 Å². The Labute approximate surface area is 388 Å². The van der Waals surface area contributed by atoms with Crippen LogP contribution in [-0.2, 0) is 50.1 Å². The third-order valence-electron chi connectivity index (χ3n) is 12.8. The molecule has 0 unspecified atom stereocenters. The second-order valence-corrected chi connectivity index (χ2v) is 18.1. The van der Waals surface area contributed by atoms with E-state index in [9.17, 15) is 0 Å². The molecule has 0 saturated carbocycles. The normalized spacial score (nSPS) is 18.9. The fraction of sp³-hybridized carbons (Fsp3) is 0.298. The maximum atomic E-state index is 8.75. The number of hydrogen-bond donors (Lipinski definition) is 0. The quantitative estimate of drug-likeness (QED) is 0.161. The molecule has 0 aliphatic heterocycles. The molecule has 0 bridgehead atoms. The molecule has 2 aromatic heterocycles. The zero-order valence-corrected chi connectivity index (χ0v) is 37.7. The van der Waals surface area contributed by atoms with E-state index >= 15 is 0 Å². The Morgan fingerprint density at radius 2 is 1.27 bits per heavy atom. The first-order chi connectivity index (χ1) is 32.5. The van der Waals surface area contributed by atoms with Crippen LogP contribution in [-0.4, -0.2) is 9.97 Å². The molecule has 0 N–H and O–H groups in total. The third-order valence-corrected chi connectivity index (χ3v) is 12.8. The van der Waals surface area contributed by atoms with Crippen molar-refractivity contribution in [3.8, 4) is 44.8 Å². The van der Waals surface area contributed by atoms with Crippen LogP contribution in [0, 0.1) is 43.5 Å². The first kappa shape index (κ1) is 31.0. The fourth-order valence-electron chi connectivity index (χ4n) is 9.63. The molecule has 1 spiro atoms. The van der Waals surface area contributed by atoms with Crippen LogP contribution in [0.15, 0.2) is 134 Å². The Hall–Kier alpha value is -4.95. The maximum Gasteiger partial charge on any atom is 0.0322 e. The minimum absolute atomic E-state index is 0. The molecule has 60 heavy (non-hydrogen) atoms. The second-order valence-electron chi connectivity index (χ2n) is 18.1. The van der Waals surface area contributed by atoms with E-state index in [0.717, 1.165) is 29.5 Å². The number of pyridine rings is 2. The van der Waals surface area contributed by atoms with Gasteiger partial charge in [0.2, 0.25) is 0 Å². The van der Waals surface area contributed by atoms with E-state index in [1.807, 2.05) is 36.4 Å². The molecule has 9 rings (SSSR count). The summed E-state index contributed by atoms with van der Waals surface area (Å²) >= 11 is 0. The van der Waals surface area contributed by atoms with Crippen molar-refractivity contribution in [2.24, 2.45) is 10.8 Å². The summed E-state index contributed by atoms with van der Waals surface area (Å²) in [6.07, 6.45) is 3.21. The predicted molar refractivity (Wildman–Crippen MR) is 248 cm³/mol. The molecule has 0 amide bonds. The van der Waals surface area contributed by atoms with E-state index in [0.29, 0.717) is 22.5 Å². The molecule has 0 atom stereocenters. The number of benzene rings is 5. The number of aromatic nitrogens is 2. The first-order valence-corrected chi connectivity index (χ1v) is 20.3. The van der Waals surface area contributed by atoms with Crippen LogP contribution in [0.4, 0.5) is 0 Å². The maximum absolute atomic E-state index is 8.75. The molecule has 0 saturated heterocycles. The summed E-state index contributed by atoms with van der Waals surface area (Å²) < 4.78 is 89.0. The van der Waals surface area contributed by atoms with Crippen LogP contribution in [0.5, 0.6) is 0 Å². The van der Waals surface area contributed by atoms with Gasteiger partial charge in [-0.05, 0) is 135 Å². The summed E-state index contributed by atoms with van der Waals surface area (Å²) in [5.74, 6) is 0. The van der Waals surface area contributed by atoms with Gasteiger partial charge in [-0.25, -0.2) is 0 Å². The van der Waals surface area contributed by atoms with Gasteiger partial charge in [-0.15, -0.1) is 71.3 Å². The van der Waals surface area contributed by atoms with Gasteiger partial charge in [0.05, 0.1) is 0 Å². The standard InChI is InChI=1S/C38H42N.C19H16N.Ir/c1-25-18-34(39-24-31(25)21-35(2,3)4)28-15-11-14-26(19-28)27-16-17-32-33(20-27)37(7,8)38(36(32,5)6)22-29-12-9-10-13-30(29)23-38;1-14-7-6-8-15(2)19(14)17-11-12-20-18(13-17)16-9-4-3-5-10-16;/h9-14,16-20,24H,21-23H2,1-8H3;3-9,11-13H,1-2H3;/q2*-1;/i1D3,21D2;1D3,2D3;. The van der Waals surface area contributed by atoms with E-state index in [-0.39, 0.29) is 64.2 Å². The van der Waals surface area contributed by atoms with Crippen LogP contribution in [0.25, 0.3) is 44.8 Å². The topological polar surface area (TPSA) is 25.8 Å². The van der Waals surface area contributed by atoms with Gasteiger partial charge in [-0.1, -0.05) is 127 Å². The van der Waals surface area contributed by atoms with Gasteiger partial charge in [0.25, 0.3) is 0 Å². The number of hydrogen-bond acceptors (Lipinski definition) is 2. The Bertz CT molecular complexity index is 3030. The zero-order valence-electron chi connectivity index (χ0n) is 46.3. The number of rotatable bonds is 5. The van der Waals surface area contributed by atoms with Gasteiger partial charge in [0.15, 0.2) is 0 Å². The Kier molecular flexibility index (Phi) is 8.51. The van der Waals surface area contributed by atoms with Crippen molar-refractivity contribution in [3.05, 3.63) is 190 Å². The van der Waals surface area contributed by atoms with Gasteiger partial charge >= 0.3 is 0 Å². The largest absolute Gasteiger partial charge is 0.305 e.